The molecule has 23 heavy (non-hydrogen) atoms. The van der Waals surface area contributed by atoms with Gasteiger partial charge in [0.2, 0.25) is 5.91 Å². The fraction of sp³-hybridized carbons (Fsp3) is 0.222. The van der Waals surface area contributed by atoms with Gasteiger partial charge in [-0.2, -0.15) is 0 Å². The molecule has 0 unspecified atom stereocenters. The minimum atomic E-state index is -0.161. The lowest BCUT2D eigenvalue weighted by molar-refractivity contribution is -0.114. The van der Waals surface area contributed by atoms with E-state index in [0.29, 0.717) is 17.8 Å². The molecule has 1 aliphatic rings. The molecule has 2 amide bonds. The molecular weight excluding hydrogens is 290 g/mol. The number of hydrogen-bond acceptors (Lipinski definition) is 3. The predicted octanol–water partition coefficient (Wildman–Crippen LogP) is 2.60. The number of rotatable bonds is 3. The minimum absolute atomic E-state index is 0.106. The Hall–Kier alpha value is -2.82. The van der Waals surface area contributed by atoms with Crippen molar-refractivity contribution in [2.24, 2.45) is 0 Å². The SMILES string of the molecule is Cc1ccc(CNC(=O)c2ccc3c(c2)NC(=O)CN3)cc1C. The van der Waals surface area contributed by atoms with Crippen molar-refractivity contribution >= 4 is 23.2 Å². The summed E-state index contributed by atoms with van der Waals surface area (Å²) in [7, 11) is 0. The molecule has 0 aliphatic carbocycles. The first kappa shape index (κ1) is 15.1. The maximum Gasteiger partial charge on any atom is 0.251 e. The van der Waals surface area contributed by atoms with E-state index in [2.05, 4.69) is 41.9 Å². The largest absolute Gasteiger partial charge is 0.374 e. The van der Waals surface area contributed by atoms with Gasteiger partial charge < -0.3 is 16.0 Å². The zero-order chi connectivity index (χ0) is 16.4. The van der Waals surface area contributed by atoms with Crippen molar-refractivity contribution in [3.63, 3.8) is 0 Å². The van der Waals surface area contributed by atoms with Gasteiger partial charge in [-0.1, -0.05) is 18.2 Å². The van der Waals surface area contributed by atoms with Gasteiger partial charge in [0.05, 0.1) is 17.9 Å². The van der Waals surface area contributed by atoms with Gasteiger partial charge in [-0.25, -0.2) is 0 Å². The highest BCUT2D eigenvalue weighted by atomic mass is 16.2. The molecule has 0 saturated carbocycles. The van der Waals surface area contributed by atoms with Crippen molar-refractivity contribution in [2.75, 3.05) is 17.2 Å². The molecule has 1 aliphatic heterocycles. The number of fused-ring (bicyclic) bond motifs is 1. The summed E-state index contributed by atoms with van der Waals surface area (Å²) in [6, 6.07) is 11.4. The fourth-order valence-corrected chi connectivity index (χ4v) is 2.51. The summed E-state index contributed by atoms with van der Waals surface area (Å²) >= 11 is 0. The first-order valence-corrected chi connectivity index (χ1v) is 7.55. The van der Waals surface area contributed by atoms with Crippen LogP contribution in [-0.4, -0.2) is 18.4 Å². The second-order valence-corrected chi connectivity index (χ2v) is 5.76. The van der Waals surface area contributed by atoms with Crippen molar-refractivity contribution in [1.82, 2.24) is 5.32 Å². The predicted molar refractivity (Wildman–Crippen MR) is 90.6 cm³/mol. The molecule has 2 aromatic rings. The van der Waals surface area contributed by atoms with Crippen LogP contribution in [0.25, 0.3) is 0 Å². The van der Waals surface area contributed by atoms with Gasteiger partial charge in [-0.15, -0.1) is 0 Å². The van der Waals surface area contributed by atoms with Crippen molar-refractivity contribution in [1.29, 1.82) is 0 Å². The van der Waals surface area contributed by atoms with Crippen LogP contribution >= 0.6 is 0 Å². The van der Waals surface area contributed by atoms with Crippen LogP contribution in [0.1, 0.15) is 27.0 Å². The first-order chi connectivity index (χ1) is 11.0. The molecular formula is C18H19N3O2. The van der Waals surface area contributed by atoms with E-state index >= 15 is 0 Å². The van der Waals surface area contributed by atoms with E-state index in [9.17, 15) is 9.59 Å². The molecule has 0 atom stereocenters. The van der Waals surface area contributed by atoms with Gasteiger partial charge in [0.1, 0.15) is 0 Å². The highest BCUT2D eigenvalue weighted by Gasteiger charge is 2.16. The summed E-state index contributed by atoms with van der Waals surface area (Å²) in [5.74, 6) is -0.268. The maximum absolute atomic E-state index is 12.3. The number of aryl methyl sites for hydroxylation is 2. The van der Waals surface area contributed by atoms with Crippen molar-refractivity contribution in [2.45, 2.75) is 20.4 Å². The summed E-state index contributed by atoms with van der Waals surface area (Å²) in [5, 5.41) is 8.67. The number of benzene rings is 2. The van der Waals surface area contributed by atoms with Gasteiger partial charge in [0.25, 0.3) is 5.91 Å². The van der Waals surface area contributed by atoms with E-state index in [-0.39, 0.29) is 18.4 Å². The Labute approximate surface area is 135 Å². The summed E-state index contributed by atoms with van der Waals surface area (Å²) < 4.78 is 0. The third kappa shape index (κ3) is 3.34. The Balaban J connectivity index is 1.69. The van der Waals surface area contributed by atoms with Crippen LogP contribution in [0.5, 0.6) is 0 Å². The van der Waals surface area contributed by atoms with E-state index in [1.165, 1.54) is 11.1 Å². The average molecular weight is 309 g/mol. The highest BCUT2D eigenvalue weighted by molar-refractivity contribution is 6.03. The van der Waals surface area contributed by atoms with Crippen LogP contribution in [0, 0.1) is 13.8 Å². The number of amides is 2. The van der Waals surface area contributed by atoms with E-state index in [0.717, 1.165) is 11.3 Å². The Bertz CT molecular complexity index is 784. The molecule has 0 radical (unpaired) electrons. The number of hydrogen-bond donors (Lipinski definition) is 3. The molecule has 5 heteroatoms. The third-order valence-corrected chi connectivity index (χ3v) is 4.02. The average Bonchev–Trinajstić information content (AvgIpc) is 2.55. The summed E-state index contributed by atoms with van der Waals surface area (Å²) in [4.78, 5) is 23.7. The Morgan fingerprint density at radius 2 is 1.91 bits per heavy atom. The molecule has 3 rings (SSSR count). The lowest BCUT2D eigenvalue weighted by Crippen LogP contribution is -2.28. The number of anilines is 2. The molecule has 1 heterocycles. The number of nitrogens with one attached hydrogen (secondary N) is 3. The van der Waals surface area contributed by atoms with Crippen LogP contribution in [0.2, 0.25) is 0 Å². The molecule has 0 saturated heterocycles. The van der Waals surface area contributed by atoms with Gasteiger partial charge in [0, 0.05) is 12.1 Å². The van der Waals surface area contributed by atoms with Crippen molar-refractivity contribution < 1.29 is 9.59 Å². The monoisotopic (exact) mass is 309 g/mol. The number of carbonyl (C=O) groups is 2. The number of carbonyl (C=O) groups excluding carboxylic acids is 2. The molecule has 0 spiro atoms. The summed E-state index contributed by atoms with van der Waals surface area (Å²) in [6.45, 7) is 4.85. The second-order valence-electron chi connectivity index (χ2n) is 5.76. The molecule has 0 bridgehead atoms. The topological polar surface area (TPSA) is 70.2 Å². The van der Waals surface area contributed by atoms with E-state index in [1.54, 1.807) is 18.2 Å². The third-order valence-electron chi connectivity index (χ3n) is 4.02. The molecule has 5 nitrogen and oxygen atoms in total. The molecule has 2 aromatic carbocycles. The molecule has 0 fully saturated rings. The van der Waals surface area contributed by atoms with Crippen LogP contribution in [0.4, 0.5) is 11.4 Å². The van der Waals surface area contributed by atoms with Gasteiger partial charge in [0.15, 0.2) is 0 Å². The van der Waals surface area contributed by atoms with E-state index in [1.807, 2.05) is 6.07 Å². The standard InChI is InChI=1S/C18H19N3O2/c1-11-3-4-13(7-12(11)2)9-20-18(23)14-5-6-15-16(8-14)21-17(22)10-19-15/h3-8,19H,9-10H2,1-2H3,(H,20,23)(H,21,22). The lowest BCUT2D eigenvalue weighted by Gasteiger charge is -2.19. The molecule has 0 aromatic heterocycles. The first-order valence-electron chi connectivity index (χ1n) is 7.55. The Morgan fingerprint density at radius 3 is 2.70 bits per heavy atom. The zero-order valence-electron chi connectivity index (χ0n) is 13.2. The van der Waals surface area contributed by atoms with Crippen LogP contribution in [-0.2, 0) is 11.3 Å². The molecule has 3 N–H and O–H groups in total. The quantitative estimate of drug-likeness (QED) is 0.816. The maximum atomic E-state index is 12.3. The van der Waals surface area contributed by atoms with Gasteiger partial charge >= 0.3 is 0 Å². The van der Waals surface area contributed by atoms with Crippen molar-refractivity contribution in [3.05, 3.63) is 58.7 Å². The van der Waals surface area contributed by atoms with Crippen molar-refractivity contribution in [3.8, 4) is 0 Å². The summed E-state index contributed by atoms with van der Waals surface area (Å²) in [5.41, 5.74) is 5.50. The Morgan fingerprint density at radius 1 is 1.09 bits per heavy atom. The van der Waals surface area contributed by atoms with Crippen LogP contribution in [0.15, 0.2) is 36.4 Å². The zero-order valence-corrected chi connectivity index (χ0v) is 13.2. The fourth-order valence-electron chi connectivity index (χ4n) is 2.51. The van der Waals surface area contributed by atoms with Gasteiger partial charge in [-0.05, 0) is 48.7 Å². The normalized spacial score (nSPS) is 12.9. The second kappa shape index (κ2) is 6.12. The van der Waals surface area contributed by atoms with Crippen LogP contribution < -0.4 is 16.0 Å². The Kier molecular flexibility index (Phi) is 4.02. The smallest absolute Gasteiger partial charge is 0.251 e. The van der Waals surface area contributed by atoms with Gasteiger partial charge in [-0.3, -0.25) is 9.59 Å². The van der Waals surface area contributed by atoms with E-state index < -0.39 is 0 Å². The van der Waals surface area contributed by atoms with Crippen LogP contribution in [0.3, 0.4) is 0 Å². The highest BCUT2D eigenvalue weighted by Crippen LogP contribution is 2.25. The summed E-state index contributed by atoms with van der Waals surface area (Å²) in [6.07, 6.45) is 0. The molecule has 118 valence electrons. The lowest BCUT2D eigenvalue weighted by atomic mass is 10.1. The van der Waals surface area contributed by atoms with E-state index in [4.69, 9.17) is 0 Å². The minimum Gasteiger partial charge on any atom is -0.374 e.